The van der Waals surface area contributed by atoms with Crippen LogP contribution in [0.25, 0.3) is 0 Å². The highest BCUT2D eigenvalue weighted by Crippen LogP contribution is 2.12. The number of hydrogen-bond acceptors (Lipinski definition) is 4. The van der Waals surface area contributed by atoms with E-state index in [0.717, 1.165) is 6.26 Å². The van der Waals surface area contributed by atoms with E-state index in [1.165, 1.54) is 0 Å². The van der Waals surface area contributed by atoms with Crippen LogP contribution in [0.3, 0.4) is 0 Å². The van der Waals surface area contributed by atoms with Crippen molar-refractivity contribution in [1.82, 2.24) is 9.97 Å². The number of rotatable bonds is 2. The second kappa shape index (κ2) is 4.05. The molecule has 1 heterocycles. The fraction of sp³-hybridized carbons (Fsp3) is 0.333. The molecule has 0 saturated heterocycles. The number of halogens is 2. The van der Waals surface area contributed by atoms with Crippen molar-refractivity contribution in [2.24, 2.45) is 0 Å². The Balaban J connectivity index is 3.33. The van der Waals surface area contributed by atoms with Gasteiger partial charge in [0.1, 0.15) is 5.15 Å². The summed E-state index contributed by atoms with van der Waals surface area (Å²) in [5.74, 6) is 0. The van der Waals surface area contributed by atoms with Gasteiger partial charge in [-0.1, -0.05) is 34.2 Å². The van der Waals surface area contributed by atoms with E-state index in [2.05, 4.69) is 32.6 Å². The Kier molecular flexibility index (Phi) is 3.47. The van der Waals surface area contributed by atoms with Gasteiger partial charge in [-0.2, -0.15) is 0 Å². The predicted molar refractivity (Wildman–Crippen MR) is 57.9 cm³/mol. The summed E-state index contributed by atoms with van der Waals surface area (Å²) in [4.78, 5) is 7.45. The van der Waals surface area contributed by atoms with Crippen LogP contribution in [0.2, 0.25) is 5.15 Å². The molecule has 0 atom stereocenters. The maximum absolute atomic E-state index is 11.1. The van der Waals surface area contributed by atoms with Gasteiger partial charge in [0.15, 0.2) is 0 Å². The minimum Gasteiger partial charge on any atom is -0.222 e. The molecule has 0 bridgehead atoms. The maximum Gasteiger partial charge on any atom is 0.248 e. The van der Waals surface area contributed by atoms with Crippen LogP contribution >= 0.6 is 34.2 Å². The number of hydrogen-bond donors (Lipinski definition) is 0. The molecular weight excluding hydrogens is 327 g/mol. The third-order valence-electron chi connectivity index (χ3n) is 1.20. The Morgan fingerprint density at radius 2 is 2.15 bits per heavy atom. The molecule has 0 aliphatic rings. The molecule has 0 unspecified atom stereocenters. The van der Waals surface area contributed by atoms with Crippen LogP contribution in [0.1, 0.15) is 5.69 Å². The molecular formula is C6H6ClIN2O2S. The zero-order valence-electron chi connectivity index (χ0n) is 6.66. The van der Waals surface area contributed by atoms with E-state index in [1.807, 2.05) is 0 Å². The van der Waals surface area contributed by atoms with Crippen molar-refractivity contribution in [1.29, 1.82) is 0 Å². The Morgan fingerprint density at radius 1 is 1.54 bits per heavy atom. The Labute approximate surface area is 94.8 Å². The first-order chi connectivity index (χ1) is 5.93. The molecule has 0 fully saturated rings. The molecule has 13 heavy (non-hydrogen) atoms. The second-order valence-corrected chi connectivity index (χ2v) is 5.43. The van der Waals surface area contributed by atoms with Gasteiger partial charge in [0, 0.05) is 10.7 Å². The molecule has 0 aliphatic carbocycles. The SMILES string of the molecule is CS(=O)(=O)c1nc(Cl)cc(CI)n1. The quantitative estimate of drug-likeness (QED) is 0.356. The van der Waals surface area contributed by atoms with Gasteiger partial charge < -0.3 is 0 Å². The van der Waals surface area contributed by atoms with Gasteiger partial charge in [-0.15, -0.1) is 0 Å². The van der Waals surface area contributed by atoms with Gasteiger partial charge in [0.25, 0.3) is 0 Å². The zero-order valence-corrected chi connectivity index (χ0v) is 10.4. The van der Waals surface area contributed by atoms with E-state index < -0.39 is 9.84 Å². The van der Waals surface area contributed by atoms with Gasteiger partial charge in [0.05, 0.1) is 5.69 Å². The van der Waals surface area contributed by atoms with Crippen LogP contribution in [0.4, 0.5) is 0 Å². The molecule has 0 aromatic carbocycles. The smallest absolute Gasteiger partial charge is 0.222 e. The monoisotopic (exact) mass is 332 g/mol. The van der Waals surface area contributed by atoms with Gasteiger partial charge >= 0.3 is 0 Å². The summed E-state index contributed by atoms with van der Waals surface area (Å²) in [5, 5.41) is -0.0613. The third kappa shape index (κ3) is 3.03. The van der Waals surface area contributed by atoms with Gasteiger partial charge in [-0.05, 0) is 6.07 Å². The fourth-order valence-electron chi connectivity index (χ4n) is 0.676. The third-order valence-corrected chi connectivity index (χ3v) is 3.02. The van der Waals surface area contributed by atoms with Crippen LogP contribution < -0.4 is 0 Å². The molecule has 4 nitrogen and oxygen atoms in total. The molecule has 0 spiro atoms. The van der Waals surface area contributed by atoms with Gasteiger partial charge in [-0.25, -0.2) is 18.4 Å². The van der Waals surface area contributed by atoms with Crippen molar-refractivity contribution < 1.29 is 8.42 Å². The van der Waals surface area contributed by atoms with Crippen LogP contribution in [-0.2, 0) is 14.3 Å². The minimum absolute atomic E-state index is 0.155. The number of aromatic nitrogens is 2. The van der Waals surface area contributed by atoms with Crippen molar-refractivity contribution in [3.8, 4) is 0 Å². The molecule has 0 N–H and O–H groups in total. The second-order valence-electron chi connectivity index (χ2n) is 2.37. The Morgan fingerprint density at radius 3 is 2.62 bits per heavy atom. The Bertz CT molecular complexity index is 421. The van der Waals surface area contributed by atoms with Crippen LogP contribution in [0, 0.1) is 0 Å². The van der Waals surface area contributed by atoms with Gasteiger partial charge in [-0.3, -0.25) is 0 Å². The highest BCUT2D eigenvalue weighted by molar-refractivity contribution is 14.1. The predicted octanol–water partition coefficient (Wildman–Crippen LogP) is 1.47. The van der Waals surface area contributed by atoms with Crippen molar-refractivity contribution in [2.75, 3.05) is 6.26 Å². The summed E-state index contributed by atoms with van der Waals surface area (Å²) >= 11 is 7.69. The lowest BCUT2D eigenvalue weighted by atomic mass is 10.5. The topological polar surface area (TPSA) is 59.9 Å². The lowest BCUT2D eigenvalue weighted by Crippen LogP contribution is -2.05. The average molecular weight is 333 g/mol. The van der Waals surface area contributed by atoms with Crippen molar-refractivity contribution in [2.45, 2.75) is 9.58 Å². The number of sulfone groups is 1. The van der Waals surface area contributed by atoms with E-state index in [9.17, 15) is 8.42 Å². The molecule has 1 aromatic heterocycles. The van der Waals surface area contributed by atoms with Crippen LogP contribution in [0.15, 0.2) is 11.2 Å². The zero-order chi connectivity index (χ0) is 10.1. The molecule has 72 valence electrons. The van der Waals surface area contributed by atoms with E-state index in [4.69, 9.17) is 11.6 Å². The van der Waals surface area contributed by atoms with E-state index in [0.29, 0.717) is 10.1 Å². The molecule has 0 amide bonds. The van der Waals surface area contributed by atoms with Gasteiger partial charge in [0.2, 0.25) is 15.0 Å². The first kappa shape index (κ1) is 11.1. The number of nitrogens with zero attached hydrogens (tertiary/aromatic N) is 2. The minimum atomic E-state index is -3.37. The fourth-order valence-corrected chi connectivity index (χ4v) is 1.87. The lowest BCUT2D eigenvalue weighted by molar-refractivity contribution is 0.592. The first-order valence-corrected chi connectivity index (χ1v) is 7.02. The summed E-state index contributed by atoms with van der Waals surface area (Å²) in [6.07, 6.45) is 1.05. The summed E-state index contributed by atoms with van der Waals surface area (Å²) in [5.41, 5.74) is 0.612. The summed E-state index contributed by atoms with van der Waals surface area (Å²) < 4.78 is 22.7. The normalized spacial score (nSPS) is 11.6. The molecule has 0 radical (unpaired) electrons. The molecule has 0 saturated carbocycles. The summed E-state index contributed by atoms with van der Waals surface area (Å²) in [6.45, 7) is 0. The molecule has 0 aliphatic heterocycles. The first-order valence-electron chi connectivity index (χ1n) is 3.23. The van der Waals surface area contributed by atoms with Crippen molar-refractivity contribution in [3.05, 3.63) is 16.9 Å². The van der Waals surface area contributed by atoms with E-state index in [-0.39, 0.29) is 10.3 Å². The molecule has 1 rings (SSSR count). The van der Waals surface area contributed by atoms with Crippen LogP contribution in [0.5, 0.6) is 0 Å². The summed E-state index contributed by atoms with van der Waals surface area (Å²) in [6, 6.07) is 1.54. The lowest BCUT2D eigenvalue weighted by Gasteiger charge is -1.99. The van der Waals surface area contributed by atoms with Crippen molar-refractivity contribution >= 4 is 44.0 Å². The molecule has 1 aromatic rings. The highest BCUT2D eigenvalue weighted by Gasteiger charge is 2.12. The highest BCUT2D eigenvalue weighted by atomic mass is 127. The Hall–Kier alpha value is 0.0500. The van der Waals surface area contributed by atoms with Crippen LogP contribution in [-0.4, -0.2) is 24.6 Å². The van der Waals surface area contributed by atoms with E-state index >= 15 is 0 Å². The van der Waals surface area contributed by atoms with E-state index in [1.54, 1.807) is 6.07 Å². The molecule has 7 heteroatoms. The standard InChI is InChI=1S/C6H6ClIN2O2S/c1-13(11,12)6-9-4(3-8)2-5(7)10-6/h2H,3H2,1H3. The number of alkyl halides is 1. The average Bonchev–Trinajstić information content (AvgIpc) is 2.01. The summed E-state index contributed by atoms with van der Waals surface area (Å²) in [7, 11) is -3.37. The van der Waals surface area contributed by atoms with Crippen molar-refractivity contribution in [3.63, 3.8) is 0 Å². The maximum atomic E-state index is 11.1. The largest absolute Gasteiger partial charge is 0.248 e.